The molecule has 0 amide bonds. The van der Waals surface area contributed by atoms with Crippen molar-refractivity contribution in [1.29, 1.82) is 0 Å². The number of ether oxygens (including phenoxy) is 1. The molecule has 1 atom stereocenters. The van der Waals surface area contributed by atoms with Crippen molar-refractivity contribution in [2.45, 2.75) is 39.0 Å². The predicted octanol–water partition coefficient (Wildman–Crippen LogP) is 2.26. The highest BCUT2D eigenvalue weighted by atomic mass is 16.5. The SMILES string of the molecule is C=C(CC1CCCCC1=O)C(=O)OCC. The Morgan fingerprint density at radius 2 is 2.27 bits per heavy atom. The van der Waals surface area contributed by atoms with Crippen molar-refractivity contribution in [3.8, 4) is 0 Å². The Hall–Kier alpha value is -1.12. The lowest BCUT2D eigenvalue weighted by atomic mass is 9.84. The molecule has 0 bridgehead atoms. The molecule has 84 valence electrons. The zero-order chi connectivity index (χ0) is 11.3. The van der Waals surface area contributed by atoms with E-state index in [-0.39, 0.29) is 17.7 Å². The van der Waals surface area contributed by atoms with Crippen molar-refractivity contribution in [3.63, 3.8) is 0 Å². The Bertz CT molecular complexity index is 268. The second kappa shape index (κ2) is 5.69. The summed E-state index contributed by atoms with van der Waals surface area (Å²) in [6, 6.07) is 0. The summed E-state index contributed by atoms with van der Waals surface area (Å²) in [6.07, 6.45) is 4.07. The molecule has 1 rings (SSSR count). The van der Waals surface area contributed by atoms with Gasteiger partial charge >= 0.3 is 5.97 Å². The molecular weight excluding hydrogens is 192 g/mol. The summed E-state index contributed by atoms with van der Waals surface area (Å²) in [5.41, 5.74) is 0.428. The monoisotopic (exact) mass is 210 g/mol. The van der Waals surface area contributed by atoms with Crippen LogP contribution in [-0.4, -0.2) is 18.4 Å². The van der Waals surface area contributed by atoms with Crippen molar-refractivity contribution in [3.05, 3.63) is 12.2 Å². The van der Waals surface area contributed by atoms with E-state index in [9.17, 15) is 9.59 Å². The minimum absolute atomic E-state index is 0.00402. The van der Waals surface area contributed by atoms with E-state index in [1.807, 2.05) is 0 Å². The quantitative estimate of drug-likeness (QED) is 0.528. The fourth-order valence-electron chi connectivity index (χ4n) is 1.88. The highest BCUT2D eigenvalue weighted by Gasteiger charge is 2.24. The van der Waals surface area contributed by atoms with Crippen molar-refractivity contribution in [2.75, 3.05) is 6.61 Å². The minimum atomic E-state index is -0.365. The van der Waals surface area contributed by atoms with Gasteiger partial charge in [0, 0.05) is 17.9 Å². The van der Waals surface area contributed by atoms with Crippen LogP contribution >= 0.6 is 0 Å². The van der Waals surface area contributed by atoms with Gasteiger partial charge in [0.25, 0.3) is 0 Å². The number of carbonyl (C=O) groups is 2. The molecule has 0 aromatic rings. The van der Waals surface area contributed by atoms with Crippen molar-refractivity contribution in [2.24, 2.45) is 5.92 Å². The van der Waals surface area contributed by atoms with Gasteiger partial charge in [-0.1, -0.05) is 13.0 Å². The molecule has 0 aliphatic heterocycles. The van der Waals surface area contributed by atoms with E-state index in [1.54, 1.807) is 6.92 Å². The highest BCUT2D eigenvalue weighted by molar-refractivity contribution is 5.89. The molecular formula is C12H18O3. The lowest BCUT2D eigenvalue weighted by Crippen LogP contribution is -2.21. The third-order valence-corrected chi connectivity index (χ3v) is 2.74. The molecule has 1 unspecified atom stereocenters. The summed E-state index contributed by atoms with van der Waals surface area (Å²) in [6.45, 7) is 5.79. The molecule has 15 heavy (non-hydrogen) atoms. The van der Waals surface area contributed by atoms with E-state index in [0.29, 0.717) is 25.0 Å². The van der Waals surface area contributed by atoms with Gasteiger partial charge in [-0.3, -0.25) is 4.79 Å². The van der Waals surface area contributed by atoms with Gasteiger partial charge in [0.2, 0.25) is 0 Å². The average Bonchev–Trinajstić information content (AvgIpc) is 2.21. The van der Waals surface area contributed by atoms with E-state index in [2.05, 4.69) is 6.58 Å². The summed E-state index contributed by atoms with van der Waals surface area (Å²) < 4.78 is 4.83. The fraction of sp³-hybridized carbons (Fsp3) is 0.667. The number of esters is 1. The molecule has 1 aliphatic rings. The Morgan fingerprint density at radius 3 is 2.87 bits per heavy atom. The van der Waals surface area contributed by atoms with E-state index in [1.165, 1.54) is 0 Å². The van der Waals surface area contributed by atoms with Gasteiger partial charge in [0.1, 0.15) is 5.78 Å². The summed E-state index contributed by atoms with van der Waals surface area (Å²) in [7, 11) is 0. The smallest absolute Gasteiger partial charge is 0.333 e. The maximum Gasteiger partial charge on any atom is 0.333 e. The van der Waals surface area contributed by atoms with Crippen molar-refractivity contribution < 1.29 is 14.3 Å². The molecule has 0 radical (unpaired) electrons. The predicted molar refractivity (Wildman–Crippen MR) is 57.4 cm³/mol. The van der Waals surface area contributed by atoms with Crippen LogP contribution in [0.15, 0.2) is 12.2 Å². The van der Waals surface area contributed by atoms with Gasteiger partial charge in [0.15, 0.2) is 0 Å². The van der Waals surface area contributed by atoms with Crippen LogP contribution < -0.4 is 0 Å². The van der Waals surface area contributed by atoms with Gasteiger partial charge in [-0.25, -0.2) is 4.79 Å². The van der Waals surface area contributed by atoms with Crippen molar-refractivity contribution >= 4 is 11.8 Å². The van der Waals surface area contributed by atoms with Gasteiger partial charge in [-0.15, -0.1) is 0 Å². The minimum Gasteiger partial charge on any atom is -0.463 e. The Morgan fingerprint density at radius 1 is 1.53 bits per heavy atom. The average molecular weight is 210 g/mol. The first-order valence-electron chi connectivity index (χ1n) is 5.52. The molecule has 1 saturated carbocycles. The number of ketones is 1. The molecule has 1 aliphatic carbocycles. The molecule has 0 heterocycles. The van der Waals surface area contributed by atoms with Crippen LogP contribution in [0, 0.1) is 5.92 Å². The first-order chi connectivity index (χ1) is 7.15. The standard InChI is InChI=1S/C12H18O3/c1-3-15-12(14)9(2)8-10-6-4-5-7-11(10)13/h10H,2-8H2,1H3. The lowest BCUT2D eigenvalue weighted by molar-refractivity contribution is -0.138. The van der Waals surface area contributed by atoms with Crippen LogP contribution in [0.4, 0.5) is 0 Å². The number of carbonyl (C=O) groups excluding carboxylic acids is 2. The summed E-state index contributed by atoms with van der Waals surface area (Å²) in [4.78, 5) is 22.8. The Labute approximate surface area is 90.5 Å². The zero-order valence-electron chi connectivity index (χ0n) is 9.25. The number of hydrogen-bond donors (Lipinski definition) is 0. The molecule has 0 saturated heterocycles. The van der Waals surface area contributed by atoms with E-state index < -0.39 is 0 Å². The Balaban J connectivity index is 2.42. The number of rotatable bonds is 4. The maximum absolute atomic E-state index is 11.5. The number of hydrogen-bond acceptors (Lipinski definition) is 3. The van der Waals surface area contributed by atoms with Crippen LogP contribution in [0.2, 0.25) is 0 Å². The fourth-order valence-corrected chi connectivity index (χ4v) is 1.88. The van der Waals surface area contributed by atoms with Crippen molar-refractivity contribution in [1.82, 2.24) is 0 Å². The molecule has 3 nitrogen and oxygen atoms in total. The van der Waals surface area contributed by atoms with Crippen LogP contribution in [0.25, 0.3) is 0 Å². The summed E-state index contributed by atoms with van der Waals surface area (Å²) >= 11 is 0. The third kappa shape index (κ3) is 3.50. The van der Waals surface area contributed by atoms with E-state index in [0.717, 1.165) is 19.3 Å². The largest absolute Gasteiger partial charge is 0.463 e. The summed E-state index contributed by atoms with van der Waals surface area (Å²) in [5.74, 6) is -0.0989. The molecule has 3 heteroatoms. The van der Waals surface area contributed by atoms with E-state index >= 15 is 0 Å². The van der Waals surface area contributed by atoms with Gasteiger partial charge in [-0.05, 0) is 26.2 Å². The van der Waals surface area contributed by atoms with Crippen LogP contribution in [0.5, 0.6) is 0 Å². The Kier molecular flexibility index (Phi) is 4.53. The molecule has 0 spiro atoms. The van der Waals surface area contributed by atoms with Crippen LogP contribution in [0.1, 0.15) is 39.0 Å². The first kappa shape index (κ1) is 12.0. The molecule has 0 N–H and O–H groups in total. The molecule has 1 fully saturated rings. The third-order valence-electron chi connectivity index (χ3n) is 2.74. The number of Topliss-reactive ketones (excluding diaryl/α,β-unsaturated/α-hetero) is 1. The summed E-state index contributed by atoms with van der Waals surface area (Å²) in [5, 5.41) is 0. The van der Waals surface area contributed by atoms with Crippen LogP contribution in [0.3, 0.4) is 0 Å². The first-order valence-corrected chi connectivity index (χ1v) is 5.52. The van der Waals surface area contributed by atoms with Gasteiger partial charge in [0.05, 0.1) is 6.61 Å². The second-order valence-electron chi connectivity index (χ2n) is 3.94. The van der Waals surface area contributed by atoms with Gasteiger partial charge in [-0.2, -0.15) is 0 Å². The topological polar surface area (TPSA) is 43.4 Å². The normalized spacial score (nSPS) is 21.1. The highest BCUT2D eigenvalue weighted by Crippen LogP contribution is 2.26. The zero-order valence-corrected chi connectivity index (χ0v) is 9.25. The second-order valence-corrected chi connectivity index (χ2v) is 3.94. The lowest BCUT2D eigenvalue weighted by Gasteiger charge is -2.20. The van der Waals surface area contributed by atoms with E-state index in [4.69, 9.17) is 4.74 Å². The molecule has 0 aromatic carbocycles. The maximum atomic E-state index is 11.5. The molecule has 0 aromatic heterocycles. The van der Waals surface area contributed by atoms with Gasteiger partial charge < -0.3 is 4.74 Å². The van der Waals surface area contributed by atoms with Crippen LogP contribution in [-0.2, 0) is 14.3 Å².